The average Bonchev–Trinajstić information content (AvgIpc) is 2.91. The SMILES string of the molecule is CN(C)S(=O)(=O)c1ccccc1CNC(=O)CC1CC2CCC(C1)N2.Cl. The summed E-state index contributed by atoms with van der Waals surface area (Å²) in [5, 5.41) is 6.49. The summed E-state index contributed by atoms with van der Waals surface area (Å²) in [7, 11) is -0.495. The van der Waals surface area contributed by atoms with E-state index in [2.05, 4.69) is 10.6 Å². The van der Waals surface area contributed by atoms with Gasteiger partial charge in [-0.25, -0.2) is 12.7 Å². The van der Waals surface area contributed by atoms with Crippen LogP contribution in [0.3, 0.4) is 0 Å². The lowest BCUT2D eigenvalue weighted by Crippen LogP contribution is -2.39. The monoisotopic (exact) mass is 401 g/mol. The third-order valence-electron chi connectivity index (χ3n) is 5.25. The molecule has 0 aliphatic carbocycles. The van der Waals surface area contributed by atoms with E-state index in [0.717, 1.165) is 12.8 Å². The molecule has 6 nitrogen and oxygen atoms in total. The quantitative estimate of drug-likeness (QED) is 0.763. The lowest BCUT2D eigenvalue weighted by atomic mass is 9.89. The zero-order valence-corrected chi connectivity index (χ0v) is 16.9. The molecule has 1 aromatic carbocycles. The van der Waals surface area contributed by atoms with E-state index in [-0.39, 0.29) is 29.8 Å². The number of piperidine rings is 1. The summed E-state index contributed by atoms with van der Waals surface area (Å²) in [6.07, 6.45) is 5.10. The van der Waals surface area contributed by atoms with Gasteiger partial charge in [0.2, 0.25) is 15.9 Å². The van der Waals surface area contributed by atoms with Crippen molar-refractivity contribution in [1.82, 2.24) is 14.9 Å². The molecule has 2 aliphatic rings. The van der Waals surface area contributed by atoms with E-state index in [0.29, 0.717) is 30.0 Å². The number of nitrogens with one attached hydrogen (secondary N) is 2. The van der Waals surface area contributed by atoms with E-state index < -0.39 is 10.0 Å². The Labute approximate surface area is 162 Å². The van der Waals surface area contributed by atoms with Crippen LogP contribution in [0.25, 0.3) is 0 Å². The molecule has 0 saturated carbocycles. The van der Waals surface area contributed by atoms with E-state index in [1.807, 2.05) is 0 Å². The number of carbonyl (C=O) groups excluding carboxylic acids is 1. The molecule has 0 spiro atoms. The van der Waals surface area contributed by atoms with Crippen LogP contribution in [0.4, 0.5) is 0 Å². The van der Waals surface area contributed by atoms with E-state index in [1.165, 1.54) is 31.2 Å². The Morgan fingerprint density at radius 1 is 1.19 bits per heavy atom. The normalized spacial score (nSPS) is 25.0. The highest BCUT2D eigenvalue weighted by molar-refractivity contribution is 7.89. The first kappa shape index (κ1) is 21.2. The van der Waals surface area contributed by atoms with Crippen molar-refractivity contribution < 1.29 is 13.2 Å². The van der Waals surface area contributed by atoms with E-state index in [1.54, 1.807) is 24.3 Å². The van der Waals surface area contributed by atoms with Gasteiger partial charge in [0.15, 0.2) is 0 Å². The van der Waals surface area contributed by atoms with E-state index >= 15 is 0 Å². The number of carbonyl (C=O) groups is 1. The fourth-order valence-corrected chi connectivity index (χ4v) is 5.08. The largest absolute Gasteiger partial charge is 0.352 e. The average molecular weight is 402 g/mol. The molecule has 2 fully saturated rings. The highest BCUT2D eigenvalue weighted by atomic mass is 35.5. The number of hydrogen-bond donors (Lipinski definition) is 2. The summed E-state index contributed by atoms with van der Waals surface area (Å²) in [5.41, 5.74) is 0.620. The van der Waals surface area contributed by atoms with Gasteiger partial charge in [-0.3, -0.25) is 4.79 Å². The maximum atomic E-state index is 12.4. The highest BCUT2D eigenvalue weighted by Crippen LogP contribution is 2.32. The van der Waals surface area contributed by atoms with Crippen LogP contribution in [0.1, 0.15) is 37.7 Å². The number of fused-ring (bicyclic) bond motifs is 2. The van der Waals surface area contributed by atoms with Crippen LogP contribution in [0, 0.1) is 5.92 Å². The molecule has 1 amide bonds. The Hall–Kier alpha value is -1.15. The smallest absolute Gasteiger partial charge is 0.242 e. The number of rotatable bonds is 6. The Bertz CT molecular complexity index is 727. The maximum absolute atomic E-state index is 12.4. The predicted molar refractivity (Wildman–Crippen MR) is 104 cm³/mol. The molecule has 26 heavy (non-hydrogen) atoms. The van der Waals surface area contributed by atoms with Crippen LogP contribution in [0.2, 0.25) is 0 Å². The molecule has 2 aliphatic heterocycles. The van der Waals surface area contributed by atoms with Crippen LogP contribution < -0.4 is 10.6 Å². The second kappa shape index (κ2) is 8.69. The molecule has 2 atom stereocenters. The molecule has 2 heterocycles. The van der Waals surface area contributed by atoms with Gasteiger partial charge in [-0.1, -0.05) is 18.2 Å². The summed E-state index contributed by atoms with van der Waals surface area (Å²) < 4.78 is 26.0. The minimum atomic E-state index is -3.52. The summed E-state index contributed by atoms with van der Waals surface area (Å²) in [6, 6.07) is 7.97. The predicted octanol–water partition coefficient (Wildman–Crippen LogP) is 1.90. The fraction of sp³-hybridized carbons (Fsp3) is 0.611. The molecular weight excluding hydrogens is 374 g/mol. The molecular formula is C18H28ClN3O3S. The van der Waals surface area contributed by atoms with E-state index in [9.17, 15) is 13.2 Å². The first-order valence-corrected chi connectivity index (χ1v) is 10.3. The van der Waals surface area contributed by atoms with Gasteiger partial charge in [0, 0.05) is 39.1 Å². The van der Waals surface area contributed by atoms with Crippen molar-refractivity contribution in [3.8, 4) is 0 Å². The third kappa shape index (κ3) is 4.76. The summed E-state index contributed by atoms with van der Waals surface area (Å²) in [6.45, 7) is 0.236. The van der Waals surface area contributed by atoms with Gasteiger partial charge < -0.3 is 10.6 Å². The second-order valence-electron chi connectivity index (χ2n) is 7.35. The standard InChI is InChI=1S/C18H27N3O3S.ClH/c1-21(2)25(23,24)17-6-4-3-5-14(17)12-19-18(22)11-13-9-15-7-8-16(10-13)20-15;/h3-6,13,15-16,20H,7-12H2,1-2H3,(H,19,22);1H. The third-order valence-corrected chi connectivity index (χ3v) is 7.17. The molecule has 8 heteroatoms. The minimum Gasteiger partial charge on any atom is -0.352 e. The summed E-state index contributed by atoms with van der Waals surface area (Å²) in [5.74, 6) is 0.433. The van der Waals surface area contributed by atoms with Gasteiger partial charge >= 0.3 is 0 Å². The Morgan fingerprint density at radius 2 is 1.81 bits per heavy atom. The van der Waals surface area contributed by atoms with Crippen molar-refractivity contribution in [3.63, 3.8) is 0 Å². The molecule has 146 valence electrons. The zero-order chi connectivity index (χ0) is 18.0. The van der Waals surface area contributed by atoms with Crippen molar-refractivity contribution >= 4 is 28.3 Å². The molecule has 0 aromatic heterocycles. The number of benzene rings is 1. The highest BCUT2D eigenvalue weighted by Gasteiger charge is 2.34. The zero-order valence-electron chi connectivity index (χ0n) is 15.3. The number of hydrogen-bond acceptors (Lipinski definition) is 4. The number of amides is 1. The van der Waals surface area contributed by atoms with Crippen LogP contribution in [0.5, 0.6) is 0 Å². The number of halogens is 1. The Balaban J connectivity index is 0.00000243. The summed E-state index contributed by atoms with van der Waals surface area (Å²) in [4.78, 5) is 12.6. The topological polar surface area (TPSA) is 78.5 Å². The second-order valence-corrected chi connectivity index (χ2v) is 9.47. The van der Waals surface area contributed by atoms with Crippen LogP contribution >= 0.6 is 12.4 Å². The van der Waals surface area contributed by atoms with Crippen molar-refractivity contribution in [1.29, 1.82) is 0 Å². The molecule has 0 radical (unpaired) electrons. The molecule has 2 bridgehead atoms. The van der Waals surface area contributed by atoms with Gasteiger partial charge in [0.1, 0.15) is 0 Å². The Morgan fingerprint density at radius 3 is 2.42 bits per heavy atom. The minimum absolute atomic E-state index is 0. The van der Waals surface area contributed by atoms with Gasteiger partial charge in [0.25, 0.3) is 0 Å². The van der Waals surface area contributed by atoms with Crippen LogP contribution in [-0.2, 0) is 21.4 Å². The lowest BCUT2D eigenvalue weighted by molar-refractivity contribution is -0.122. The van der Waals surface area contributed by atoms with Gasteiger partial charge in [-0.2, -0.15) is 0 Å². The molecule has 3 rings (SSSR count). The van der Waals surface area contributed by atoms with Crippen molar-refractivity contribution in [2.24, 2.45) is 5.92 Å². The van der Waals surface area contributed by atoms with Crippen molar-refractivity contribution in [2.75, 3.05) is 14.1 Å². The van der Waals surface area contributed by atoms with Crippen molar-refractivity contribution in [3.05, 3.63) is 29.8 Å². The molecule has 2 unspecified atom stereocenters. The number of nitrogens with zero attached hydrogens (tertiary/aromatic N) is 1. The Kier molecular flexibility index (Phi) is 7.07. The molecule has 2 saturated heterocycles. The fourth-order valence-electron chi connectivity index (χ4n) is 3.97. The molecule has 1 aromatic rings. The van der Waals surface area contributed by atoms with E-state index in [4.69, 9.17) is 0 Å². The first-order chi connectivity index (χ1) is 11.9. The van der Waals surface area contributed by atoms with Gasteiger partial charge in [-0.15, -0.1) is 12.4 Å². The van der Waals surface area contributed by atoms with Crippen molar-refractivity contribution in [2.45, 2.75) is 55.6 Å². The maximum Gasteiger partial charge on any atom is 0.242 e. The van der Waals surface area contributed by atoms with Gasteiger partial charge in [0.05, 0.1) is 4.90 Å². The first-order valence-electron chi connectivity index (χ1n) is 8.89. The van der Waals surface area contributed by atoms with Crippen LogP contribution in [0.15, 0.2) is 29.2 Å². The summed E-state index contributed by atoms with van der Waals surface area (Å²) >= 11 is 0. The van der Waals surface area contributed by atoms with Gasteiger partial charge in [-0.05, 0) is 43.2 Å². The molecule has 2 N–H and O–H groups in total. The number of sulfonamides is 1. The van der Waals surface area contributed by atoms with Crippen LogP contribution in [-0.4, -0.2) is 44.8 Å². The lowest BCUT2D eigenvalue weighted by Gasteiger charge is -2.28.